The molecule has 16 heavy (non-hydrogen) atoms. The lowest BCUT2D eigenvalue weighted by molar-refractivity contribution is 0.0512. The second kappa shape index (κ2) is 3.00. The van der Waals surface area contributed by atoms with Crippen molar-refractivity contribution in [1.29, 1.82) is 4.78 Å². The fourth-order valence-corrected chi connectivity index (χ4v) is 5.20. The Bertz CT molecular complexity index is 501. The summed E-state index contributed by atoms with van der Waals surface area (Å²) in [5, 5.41) is 0. The Labute approximate surface area is 95.8 Å². The summed E-state index contributed by atoms with van der Waals surface area (Å²) in [5.41, 5.74) is 0. The predicted molar refractivity (Wildman–Crippen MR) is 62.2 cm³/mol. The van der Waals surface area contributed by atoms with Crippen LogP contribution in [0, 0.1) is 10.7 Å². The van der Waals surface area contributed by atoms with Crippen molar-refractivity contribution in [3.05, 3.63) is 24.3 Å². The van der Waals surface area contributed by atoms with Crippen LogP contribution in [0.1, 0.15) is 19.3 Å². The normalized spacial score (nSPS) is 34.4. The van der Waals surface area contributed by atoms with Gasteiger partial charge in [0.05, 0.1) is 21.6 Å². The van der Waals surface area contributed by atoms with Crippen LogP contribution in [0.15, 0.2) is 29.2 Å². The molecule has 0 aromatic heterocycles. The molecule has 2 bridgehead atoms. The van der Waals surface area contributed by atoms with Gasteiger partial charge in [0.1, 0.15) is 5.75 Å². The second-order valence-electron chi connectivity index (χ2n) is 4.89. The van der Waals surface area contributed by atoms with Gasteiger partial charge >= 0.3 is 0 Å². The molecule has 1 N–H and O–H groups in total. The molecule has 1 aromatic carbocycles. The van der Waals surface area contributed by atoms with E-state index in [2.05, 4.69) is 0 Å². The Hall–Kier alpha value is -1.03. The Morgan fingerprint density at radius 2 is 1.88 bits per heavy atom. The molecule has 0 amide bonds. The lowest BCUT2D eigenvalue weighted by Gasteiger charge is -2.61. The van der Waals surface area contributed by atoms with E-state index in [9.17, 15) is 4.21 Å². The molecule has 0 radical (unpaired) electrons. The first-order valence-electron chi connectivity index (χ1n) is 5.50. The molecule has 0 spiro atoms. The number of hydrogen-bond acceptors (Lipinski definition) is 3. The number of rotatable bonds is 3. The third-order valence-corrected chi connectivity index (χ3v) is 6.64. The van der Waals surface area contributed by atoms with Gasteiger partial charge in [0.25, 0.3) is 0 Å². The van der Waals surface area contributed by atoms with Crippen LogP contribution in [0.25, 0.3) is 0 Å². The molecule has 1 unspecified atom stereocenters. The van der Waals surface area contributed by atoms with Crippen LogP contribution in [-0.4, -0.2) is 16.1 Å². The summed E-state index contributed by atoms with van der Waals surface area (Å²) in [7, 11) is -1.01. The smallest absolute Gasteiger partial charge is 0.118 e. The van der Waals surface area contributed by atoms with Crippen molar-refractivity contribution in [2.24, 2.45) is 5.92 Å². The Balaban J connectivity index is 1.96. The Morgan fingerprint density at radius 3 is 2.25 bits per heavy atom. The van der Waals surface area contributed by atoms with Crippen LogP contribution in [0.3, 0.4) is 0 Å². The van der Waals surface area contributed by atoms with Gasteiger partial charge in [0, 0.05) is 4.90 Å². The van der Waals surface area contributed by atoms with E-state index in [-0.39, 0.29) is 4.75 Å². The van der Waals surface area contributed by atoms with Gasteiger partial charge < -0.3 is 4.74 Å². The van der Waals surface area contributed by atoms with Crippen LogP contribution in [0.2, 0.25) is 0 Å². The molecule has 3 aliphatic carbocycles. The molecular weight excluding hydrogens is 222 g/mol. The molecule has 3 nitrogen and oxygen atoms in total. The predicted octanol–water partition coefficient (Wildman–Crippen LogP) is 2.65. The summed E-state index contributed by atoms with van der Waals surface area (Å²) in [6.07, 6.45) is 2.96. The Kier molecular flexibility index (Phi) is 1.90. The summed E-state index contributed by atoms with van der Waals surface area (Å²) < 4.78 is 25.6. The molecular formula is C12H15NO2S. The summed E-state index contributed by atoms with van der Waals surface area (Å²) in [4.78, 5) is 0.659. The SMILES string of the molecule is COc1ccc(S(=N)(=O)C23CC(C2)C3)cc1. The molecule has 1 aromatic rings. The average molecular weight is 237 g/mol. The quantitative estimate of drug-likeness (QED) is 0.878. The molecule has 0 aliphatic heterocycles. The molecule has 3 saturated carbocycles. The standard InChI is InChI=1S/C12H15NO2S/c1-15-10-2-4-11(5-3-10)16(13,14)12-6-9(7-12)8-12/h2-5,9,13H,6-8H2,1H3. The molecule has 1 atom stereocenters. The zero-order valence-corrected chi connectivity index (χ0v) is 10.0. The highest BCUT2D eigenvalue weighted by molar-refractivity contribution is 7.94. The largest absolute Gasteiger partial charge is 0.497 e. The number of ether oxygens (including phenoxy) is 1. The van der Waals surface area contributed by atoms with Crippen molar-refractivity contribution in [3.63, 3.8) is 0 Å². The van der Waals surface area contributed by atoms with E-state index in [4.69, 9.17) is 9.52 Å². The highest BCUT2D eigenvalue weighted by Gasteiger charge is 2.62. The van der Waals surface area contributed by atoms with Crippen molar-refractivity contribution in [3.8, 4) is 5.75 Å². The molecule has 4 heteroatoms. The minimum absolute atomic E-state index is 0.188. The van der Waals surface area contributed by atoms with Gasteiger partial charge in [0.2, 0.25) is 0 Å². The van der Waals surface area contributed by atoms with Crippen molar-refractivity contribution >= 4 is 9.73 Å². The summed E-state index contributed by atoms with van der Waals surface area (Å²) in [6.45, 7) is 0. The van der Waals surface area contributed by atoms with Gasteiger partial charge in [-0.2, -0.15) is 0 Å². The number of hydrogen-bond donors (Lipinski definition) is 1. The zero-order chi connectivity index (χ0) is 11.4. The molecule has 86 valence electrons. The van der Waals surface area contributed by atoms with Gasteiger partial charge in [-0.1, -0.05) is 0 Å². The van der Waals surface area contributed by atoms with E-state index in [0.29, 0.717) is 4.90 Å². The fraction of sp³-hybridized carbons (Fsp3) is 0.500. The van der Waals surface area contributed by atoms with E-state index >= 15 is 0 Å². The molecule has 0 heterocycles. The second-order valence-corrected chi connectivity index (χ2v) is 7.34. The molecule has 3 fully saturated rings. The molecule has 4 rings (SSSR count). The van der Waals surface area contributed by atoms with E-state index < -0.39 is 9.73 Å². The lowest BCUT2D eigenvalue weighted by atomic mass is 9.55. The first-order chi connectivity index (χ1) is 7.57. The van der Waals surface area contributed by atoms with Crippen LogP contribution < -0.4 is 4.74 Å². The highest BCUT2D eigenvalue weighted by Crippen LogP contribution is 2.63. The summed E-state index contributed by atoms with van der Waals surface area (Å²) in [6, 6.07) is 7.12. The Morgan fingerprint density at radius 1 is 1.31 bits per heavy atom. The molecule has 3 aliphatic rings. The van der Waals surface area contributed by atoms with Crippen molar-refractivity contribution < 1.29 is 8.95 Å². The maximum absolute atomic E-state index is 12.6. The van der Waals surface area contributed by atoms with Gasteiger partial charge in [-0.25, -0.2) is 8.99 Å². The van der Waals surface area contributed by atoms with E-state index in [1.165, 1.54) is 0 Å². The van der Waals surface area contributed by atoms with Crippen LogP contribution in [0.5, 0.6) is 5.75 Å². The zero-order valence-electron chi connectivity index (χ0n) is 9.23. The van der Waals surface area contributed by atoms with Crippen molar-refractivity contribution in [1.82, 2.24) is 0 Å². The maximum Gasteiger partial charge on any atom is 0.118 e. The average Bonchev–Trinajstić information content (AvgIpc) is 2.12. The lowest BCUT2D eigenvalue weighted by Crippen LogP contribution is -2.62. The fourth-order valence-electron chi connectivity index (χ4n) is 2.77. The topological polar surface area (TPSA) is 50.1 Å². The maximum atomic E-state index is 12.6. The number of methoxy groups -OCH3 is 1. The first kappa shape index (κ1) is 10.1. The van der Waals surface area contributed by atoms with Gasteiger partial charge in [0.15, 0.2) is 0 Å². The highest BCUT2D eigenvalue weighted by atomic mass is 32.2. The third-order valence-electron chi connectivity index (χ3n) is 3.98. The van der Waals surface area contributed by atoms with E-state index in [1.807, 2.05) is 0 Å². The van der Waals surface area contributed by atoms with Gasteiger partial charge in [-0.05, 0) is 49.4 Å². The van der Waals surface area contributed by atoms with Crippen molar-refractivity contribution in [2.45, 2.75) is 28.9 Å². The van der Waals surface area contributed by atoms with Gasteiger partial charge in [-0.3, -0.25) is 0 Å². The first-order valence-corrected chi connectivity index (χ1v) is 7.06. The van der Waals surface area contributed by atoms with E-state index in [0.717, 1.165) is 30.9 Å². The van der Waals surface area contributed by atoms with E-state index in [1.54, 1.807) is 31.4 Å². The van der Waals surface area contributed by atoms with Gasteiger partial charge in [-0.15, -0.1) is 0 Å². The number of nitrogens with one attached hydrogen (secondary N) is 1. The monoisotopic (exact) mass is 237 g/mol. The minimum Gasteiger partial charge on any atom is -0.497 e. The molecule has 0 saturated heterocycles. The van der Waals surface area contributed by atoms with Crippen LogP contribution in [-0.2, 0) is 9.73 Å². The minimum atomic E-state index is -2.62. The third kappa shape index (κ3) is 1.11. The summed E-state index contributed by atoms with van der Waals surface area (Å²) >= 11 is 0. The summed E-state index contributed by atoms with van der Waals surface area (Å²) in [5.74, 6) is 1.50. The van der Waals surface area contributed by atoms with Crippen molar-refractivity contribution in [2.75, 3.05) is 7.11 Å². The van der Waals surface area contributed by atoms with Crippen LogP contribution >= 0.6 is 0 Å². The number of benzene rings is 1. The van der Waals surface area contributed by atoms with Crippen LogP contribution in [0.4, 0.5) is 0 Å².